The molecule has 0 saturated carbocycles. The van der Waals surface area contributed by atoms with Gasteiger partial charge in [0.05, 0.1) is 5.75 Å². The molecule has 0 aliphatic carbocycles. The summed E-state index contributed by atoms with van der Waals surface area (Å²) >= 11 is 1.75. The summed E-state index contributed by atoms with van der Waals surface area (Å²) < 4.78 is 0. The molecule has 0 amide bonds. The fourth-order valence-corrected chi connectivity index (χ4v) is 1.88. The van der Waals surface area contributed by atoms with E-state index in [4.69, 9.17) is 11.5 Å². The summed E-state index contributed by atoms with van der Waals surface area (Å²) in [5.74, 6) is 4.70. The SMILES string of the molecule is C#CCSCCNC(C)c1ccc(O)cc1. The van der Waals surface area contributed by atoms with E-state index in [0.717, 1.165) is 18.1 Å². The molecule has 3 heteroatoms. The molecule has 16 heavy (non-hydrogen) atoms. The van der Waals surface area contributed by atoms with Gasteiger partial charge >= 0.3 is 0 Å². The first-order valence-corrected chi connectivity index (χ1v) is 6.43. The van der Waals surface area contributed by atoms with Gasteiger partial charge in [-0.3, -0.25) is 0 Å². The summed E-state index contributed by atoms with van der Waals surface area (Å²) in [5, 5.41) is 12.6. The molecule has 1 atom stereocenters. The van der Waals surface area contributed by atoms with Crippen LogP contribution in [-0.2, 0) is 0 Å². The van der Waals surface area contributed by atoms with E-state index in [9.17, 15) is 0 Å². The predicted molar refractivity (Wildman–Crippen MR) is 70.7 cm³/mol. The Morgan fingerprint density at radius 1 is 1.44 bits per heavy atom. The van der Waals surface area contributed by atoms with Gasteiger partial charge in [0.15, 0.2) is 0 Å². The topological polar surface area (TPSA) is 32.3 Å². The van der Waals surface area contributed by atoms with Crippen molar-refractivity contribution in [3.63, 3.8) is 0 Å². The third-order valence-electron chi connectivity index (χ3n) is 2.28. The first kappa shape index (κ1) is 13.0. The van der Waals surface area contributed by atoms with Crippen molar-refractivity contribution in [2.75, 3.05) is 18.1 Å². The standard InChI is InChI=1S/C13H17NOS/c1-3-9-16-10-8-14-11(2)12-4-6-13(15)7-5-12/h1,4-7,11,14-15H,8-10H2,2H3. The minimum Gasteiger partial charge on any atom is -0.508 e. The number of benzene rings is 1. The average Bonchev–Trinajstić information content (AvgIpc) is 2.29. The normalized spacial score (nSPS) is 12.0. The van der Waals surface area contributed by atoms with Gasteiger partial charge in [-0.25, -0.2) is 0 Å². The van der Waals surface area contributed by atoms with Gasteiger partial charge in [-0.05, 0) is 24.6 Å². The Hall–Kier alpha value is -1.11. The highest BCUT2D eigenvalue weighted by atomic mass is 32.2. The Bertz CT molecular complexity index is 342. The van der Waals surface area contributed by atoms with Crippen molar-refractivity contribution in [2.45, 2.75) is 13.0 Å². The molecule has 0 bridgehead atoms. The molecule has 0 aliphatic heterocycles. The number of hydrogen-bond donors (Lipinski definition) is 2. The van der Waals surface area contributed by atoms with Crippen molar-refractivity contribution in [2.24, 2.45) is 0 Å². The zero-order valence-corrected chi connectivity index (χ0v) is 10.3. The maximum Gasteiger partial charge on any atom is 0.115 e. The van der Waals surface area contributed by atoms with Crippen LogP contribution in [0.15, 0.2) is 24.3 Å². The predicted octanol–water partition coefficient (Wildman–Crippen LogP) is 2.41. The maximum atomic E-state index is 9.17. The van der Waals surface area contributed by atoms with Gasteiger partial charge < -0.3 is 10.4 Å². The van der Waals surface area contributed by atoms with Crippen LogP contribution in [0.1, 0.15) is 18.5 Å². The second-order valence-electron chi connectivity index (χ2n) is 3.52. The van der Waals surface area contributed by atoms with Gasteiger partial charge in [-0.1, -0.05) is 18.1 Å². The van der Waals surface area contributed by atoms with E-state index in [1.54, 1.807) is 23.9 Å². The van der Waals surface area contributed by atoms with Crippen LogP contribution in [0, 0.1) is 12.3 Å². The summed E-state index contributed by atoms with van der Waals surface area (Å²) in [6.45, 7) is 3.05. The minimum absolute atomic E-state index is 0.298. The van der Waals surface area contributed by atoms with Crippen LogP contribution in [0.5, 0.6) is 5.75 Å². The van der Waals surface area contributed by atoms with Crippen LogP contribution in [-0.4, -0.2) is 23.2 Å². The first-order valence-electron chi connectivity index (χ1n) is 5.27. The van der Waals surface area contributed by atoms with E-state index in [-0.39, 0.29) is 0 Å². The molecule has 0 heterocycles. The van der Waals surface area contributed by atoms with E-state index >= 15 is 0 Å². The Morgan fingerprint density at radius 3 is 2.75 bits per heavy atom. The molecule has 1 aromatic carbocycles. The summed E-state index contributed by atoms with van der Waals surface area (Å²) in [6.07, 6.45) is 5.16. The molecule has 1 unspecified atom stereocenters. The molecule has 1 rings (SSSR count). The number of aromatic hydroxyl groups is 1. The Labute approximate surface area is 101 Å². The number of phenols is 1. The van der Waals surface area contributed by atoms with Crippen LogP contribution in [0.4, 0.5) is 0 Å². The lowest BCUT2D eigenvalue weighted by Crippen LogP contribution is -2.21. The fraction of sp³-hybridized carbons (Fsp3) is 0.385. The lowest BCUT2D eigenvalue weighted by Gasteiger charge is -2.13. The summed E-state index contributed by atoms with van der Waals surface area (Å²) in [7, 11) is 0. The van der Waals surface area contributed by atoms with E-state index in [1.807, 2.05) is 12.1 Å². The third kappa shape index (κ3) is 4.61. The molecular weight excluding hydrogens is 218 g/mol. The van der Waals surface area contributed by atoms with Crippen LogP contribution in [0.3, 0.4) is 0 Å². The number of phenolic OH excluding ortho intramolecular Hbond substituents is 1. The highest BCUT2D eigenvalue weighted by Gasteiger charge is 2.03. The third-order valence-corrected chi connectivity index (χ3v) is 3.14. The lowest BCUT2D eigenvalue weighted by atomic mass is 10.1. The zero-order valence-electron chi connectivity index (χ0n) is 9.44. The highest BCUT2D eigenvalue weighted by molar-refractivity contribution is 7.99. The van der Waals surface area contributed by atoms with Gasteiger partial charge in [0, 0.05) is 18.3 Å². The molecule has 86 valence electrons. The molecule has 0 fully saturated rings. The largest absolute Gasteiger partial charge is 0.508 e. The Morgan fingerprint density at radius 2 is 2.12 bits per heavy atom. The number of rotatable bonds is 6. The highest BCUT2D eigenvalue weighted by Crippen LogP contribution is 2.16. The minimum atomic E-state index is 0.298. The number of thioether (sulfide) groups is 1. The summed E-state index contributed by atoms with van der Waals surface area (Å²) in [4.78, 5) is 0. The van der Waals surface area contributed by atoms with Crippen LogP contribution >= 0.6 is 11.8 Å². The molecule has 2 N–H and O–H groups in total. The summed E-state index contributed by atoms with van der Waals surface area (Å²) in [6, 6.07) is 7.58. The molecule has 0 aliphatic rings. The molecule has 0 spiro atoms. The molecule has 2 nitrogen and oxygen atoms in total. The van der Waals surface area contributed by atoms with Crippen molar-refractivity contribution in [3.05, 3.63) is 29.8 Å². The Kier molecular flexibility index (Phi) is 5.84. The average molecular weight is 235 g/mol. The second-order valence-corrected chi connectivity index (χ2v) is 4.63. The van der Waals surface area contributed by atoms with E-state index in [0.29, 0.717) is 11.8 Å². The van der Waals surface area contributed by atoms with E-state index < -0.39 is 0 Å². The molecular formula is C13H17NOS. The van der Waals surface area contributed by atoms with Crippen molar-refractivity contribution in [1.29, 1.82) is 0 Å². The van der Waals surface area contributed by atoms with E-state index in [1.165, 1.54) is 5.56 Å². The monoisotopic (exact) mass is 235 g/mol. The van der Waals surface area contributed by atoms with Crippen molar-refractivity contribution in [3.8, 4) is 18.1 Å². The quantitative estimate of drug-likeness (QED) is 0.586. The van der Waals surface area contributed by atoms with Gasteiger partial charge in [0.1, 0.15) is 5.75 Å². The fourth-order valence-electron chi connectivity index (χ4n) is 1.36. The van der Waals surface area contributed by atoms with Crippen LogP contribution in [0.2, 0.25) is 0 Å². The summed E-state index contributed by atoms with van der Waals surface area (Å²) in [5.41, 5.74) is 1.18. The van der Waals surface area contributed by atoms with Gasteiger partial charge in [0.25, 0.3) is 0 Å². The van der Waals surface area contributed by atoms with Crippen molar-refractivity contribution < 1.29 is 5.11 Å². The Balaban J connectivity index is 2.27. The van der Waals surface area contributed by atoms with Gasteiger partial charge in [-0.2, -0.15) is 0 Å². The number of terminal acetylenes is 1. The van der Waals surface area contributed by atoms with Crippen LogP contribution in [0.25, 0.3) is 0 Å². The number of hydrogen-bond acceptors (Lipinski definition) is 3. The second kappa shape index (κ2) is 7.21. The molecule has 1 aromatic rings. The molecule has 0 saturated heterocycles. The zero-order chi connectivity index (χ0) is 11.8. The molecule has 0 radical (unpaired) electrons. The van der Waals surface area contributed by atoms with Crippen LogP contribution < -0.4 is 5.32 Å². The smallest absolute Gasteiger partial charge is 0.115 e. The number of nitrogens with one attached hydrogen (secondary N) is 1. The van der Waals surface area contributed by atoms with Gasteiger partial charge in [0.2, 0.25) is 0 Å². The molecule has 0 aromatic heterocycles. The lowest BCUT2D eigenvalue weighted by molar-refractivity contribution is 0.474. The van der Waals surface area contributed by atoms with E-state index in [2.05, 4.69) is 18.2 Å². The van der Waals surface area contributed by atoms with Crippen molar-refractivity contribution in [1.82, 2.24) is 5.32 Å². The van der Waals surface area contributed by atoms with Crippen molar-refractivity contribution >= 4 is 11.8 Å². The maximum absolute atomic E-state index is 9.17. The first-order chi connectivity index (χ1) is 7.74. The van der Waals surface area contributed by atoms with Gasteiger partial charge in [-0.15, -0.1) is 18.2 Å².